The highest BCUT2D eigenvalue weighted by molar-refractivity contribution is 7.10. The smallest absolute Gasteiger partial charge is 0.243 e. The second-order valence-electron chi connectivity index (χ2n) is 8.63. The maximum atomic E-state index is 13.5. The quantitative estimate of drug-likeness (QED) is 0.536. The molecule has 2 aromatic rings. The standard InChI is InChI=1S/C23H28Cl2N2O2S/c1-15(2)27(22(29)23(3,4)14-24)13-20(28)26-11-9-19-18(10-12-30-19)21(26)16-5-7-17(25)8-6-16/h5-8,10,12,15,21H,9,11,13-14H2,1-4H3. The average Bonchev–Trinajstić information content (AvgIpc) is 3.20. The largest absolute Gasteiger partial charge is 0.330 e. The number of alkyl halides is 1. The third kappa shape index (κ3) is 4.68. The van der Waals surface area contributed by atoms with Gasteiger partial charge in [-0.25, -0.2) is 0 Å². The SMILES string of the molecule is CC(C)N(CC(=O)N1CCc2sccc2C1c1ccc(Cl)cc1)C(=O)C(C)(C)CCl. The van der Waals surface area contributed by atoms with E-state index in [2.05, 4.69) is 11.4 Å². The Morgan fingerprint density at radius 3 is 2.50 bits per heavy atom. The Morgan fingerprint density at radius 1 is 1.23 bits per heavy atom. The zero-order valence-corrected chi connectivity index (χ0v) is 20.2. The highest BCUT2D eigenvalue weighted by atomic mass is 35.5. The first-order valence-electron chi connectivity index (χ1n) is 10.1. The van der Waals surface area contributed by atoms with Gasteiger partial charge in [0.25, 0.3) is 0 Å². The van der Waals surface area contributed by atoms with Gasteiger partial charge in [-0.15, -0.1) is 22.9 Å². The number of carbonyl (C=O) groups is 2. The molecule has 7 heteroatoms. The average molecular weight is 467 g/mol. The summed E-state index contributed by atoms with van der Waals surface area (Å²) in [6.07, 6.45) is 0.825. The fourth-order valence-corrected chi connectivity index (χ4v) is 4.91. The van der Waals surface area contributed by atoms with Gasteiger partial charge in [0, 0.05) is 28.4 Å². The zero-order valence-electron chi connectivity index (χ0n) is 17.8. The molecule has 1 aromatic heterocycles. The Kier molecular flexibility index (Phi) is 7.16. The number of halogens is 2. The van der Waals surface area contributed by atoms with Crippen molar-refractivity contribution in [3.63, 3.8) is 0 Å². The maximum Gasteiger partial charge on any atom is 0.243 e. The van der Waals surface area contributed by atoms with Gasteiger partial charge >= 0.3 is 0 Å². The van der Waals surface area contributed by atoms with Crippen LogP contribution in [0.15, 0.2) is 35.7 Å². The molecule has 0 saturated heterocycles. The molecular formula is C23H28Cl2N2O2S. The van der Waals surface area contributed by atoms with Gasteiger partial charge in [0.1, 0.15) is 6.54 Å². The van der Waals surface area contributed by atoms with Crippen LogP contribution in [0.25, 0.3) is 0 Å². The number of thiophene rings is 1. The van der Waals surface area contributed by atoms with E-state index in [4.69, 9.17) is 23.2 Å². The lowest BCUT2D eigenvalue weighted by Gasteiger charge is -2.39. The van der Waals surface area contributed by atoms with Crippen molar-refractivity contribution >= 4 is 46.4 Å². The number of amides is 2. The molecule has 0 N–H and O–H groups in total. The van der Waals surface area contributed by atoms with Gasteiger partial charge in [-0.05, 0) is 68.8 Å². The Balaban J connectivity index is 1.91. The van der Waals surface area contributed by atoms with Crippen molar-refractivity contribution in [2.45, 2.75) is 46.2 Å². The lowest BCUT2D eigenvalue weighted by molar-refractivity contribution is -0.148. The molecule has 4 nitrogen and oxygen atoms in total. The molecule has 30 heavy (non-hydrogen) atoms. The summed E-state index contributed by atoms with van der Waals surface area (Å²) in [7, 11) is 0. The molecule has 1 aliphatic heterocycles. The first kappa shape index (κ1) is 23.1. The molecule has 162 valence electrons. The van der Waals surface area contributed by atoms with E-state index in [0.29, 0.717) is 11.6 Å². The van der Waals surface area contributed by atoms with Crippen LogP contribution in [0, 0.1) is 5.41 Å². The molecule has 0 bridgehead atoms. The molecular weight excluding hydrogens is 439 g/mol. The summed E-state index contributed by atoms with van der Waals surface area (Å²) in [5, 5.41) is 2.74. The summed E-state index contributed by atoms with van der Waals surface area (Å²) < 4.78 is 0. The molecule has 1 aromatic carbocycles. The van der Waals surface area contributed by atoms with Crippen molar-refractivity contribution in [3.05, 3.63) is 56.7 Å². The lowest BCUT2D eigenvalue weighted by Crippen LogP contribution is -2.52. The zero-order chi connectivity index (χ0) is 22.1. The summed E-state index contributed by atoms with van der Waals surface area (Å²) >= 11 is 13.8. The first-order valence-corrected chi connectivity index (χ1v) is 11.9. The molecule has 0 spiro atoms. The topological polar surface area (TPSA) is 40.6 Å². The second kappa shape index (κ2) is 9.29. The molecule has 0 saturated carbocycles. The van der Waals surface area contributed by atoms with Crippen LogP contribution in [0.4, 0.5) is 0 Å². The predicted octanol–water partition coefficient (Wildman–Crippen LogP) is 5.38. The fraction of sp³-hybridized carbons (Fsp3) is 0.478. The monoisotopic (exact) mass is 466 g/mol. The van der Waals surface area contributed by atoms with E-state index in [1.54, 1.807) is 16.2 Å². The van der Waals surface area contributed by atoms with Crippen LogP contribution >= 0.6 is 34.5 Å². The van der Waals surface area contributed by atoms with Crippen LogP contribution in [0.5, 0.6) is 0 Å². The Labute approximate surface area is 192 Å². The minimum Gasteiger partial charge on any atom is -0.330 e. The van der Waals surface area contributed by atoms with Crippen LogP contribution in [0.3, 0.4) is 0 Å². The lowest BCUT2D eigenvalue weighted by atomic mass is 9.92. The van der Waals surface area contributed by atoms with Crippen molar-refractivity contribution in [3.8, 4) is 0 Å². The van der Waals surface area contributed by atoms with E-state index in [0.717, 1.165) is 17.5 Å². The van der Waals surface area contributed by atoms with E-state index in [1.165, 1.54) is 4.88 Å². The van der Waals surface area contributed by atoms with Crippen LogP contribution in [0.1, 0.15) is 49.7 Å². The third-order valence-electron chi connectivity index (χ3n) is 5.57. The van der Waals surface area contributed by atoms with Gasteiger partial charge in [0.05, 0.1) is 11.5 Å². The summed E-state index contributed by atoms with van der Waals surface area (Å²) in [4.78, 5) is 31.4. The third-order valence-corrected chi connectivity index (χ3v) is 7.49. The summed E-state index contributed by atoms with van der Waals surface area (Å²) in [5.74, 6) is 0.0508. The molecule has 3 rings (SSSR count). The molecule has 2 amide bonds. The summed E-state index contributed by atoms with van der Waals surface area (Å²) in [6.45, 7) is 8.16. The van der Waals surface area contributed by atoms with Gasteiger partial charge in [-0.2, -0.15) is 0 Å². The Hall–Kier alpha value is -1.56. The Morgan fingerprint density at radius 2 is 1.90 bits per heavy atom. The van der Waals surface area contributed by atoms with E-state index in [-0.39, 0.29) is 36.3 Å². The van der Waals surface area contributed by atoms with Gasteiger partial charge < -0.3 is 9.80 Å². The first-order chi connectivity index (χ1) is 14.2. The number of carbonyl (C=O) groups excluding carboxylic acids is 2. The van der Waals surface area contributed by atoms with E-state index in [1.807, 2.05) is 56.9 Å². The van der Waals surface area contributed by atoms with Crippen molar-refractivity contribution in [2.75, 3.05) is 19.0 Å². The van der Waals surface area contributed by atoms with E-state index in [9.17, 15) is 9.59 Å². The molecule has 0 fully saturated rings. The van der Waals surface area contributed by atoms with Crippen molar-refractivity contribution in [1.29, 1.82) is 0 Å². The minimum atomic E-state index is -0.718. The molecule has 1 unspecified atom stereocenters. The van der Waals surface area contributed by atoms with Crippen LogP contribution in [0.2, 0.25) is 5.02 Å². The highest BCUT2D eigenvalue weighted by Gasteiger charge is 2.37. The second-order valence-corrected chi connectivity index (χ2v) is 10.3. The number of nitrogens with zero attached hydrogens (tertiary/aromatic N) is 2. The minimum absolute atomic E-state index is 0.0420. The van der Waals surface area contributed by atoms with Gasteiger partial charge in [-0.1, -0.05) is 23.7 Å². The molecule has 1 atom stereocenters. The normalized spacial score (nSPS) is 16.5. The molecule has 2 heterocycles. The van der Waals surface area contributed by atoms with Crippen molar-refractivity contribution in [2.24, 2.45) is 5.41 Å². The highest BCUT2D eigenvalue weighted by Crippen LogP contribution is 2.38. The van der Waals surface area contributed by atoms with Crippen LogP contribution in [-0.2, 0) is 16.0 Å². The molecule has 1 aliphatic rings. The predicted molar refractivity (Wildman–Crippen MR) is 124 cm³/mol. The van der Waals surface area contributed by atoms with Crippen molar-refractivity contribution < 1.29 is 9.59 Å². The number of hydrogen-bond donors (Lipinski definition) is 0. The maximum absolute atomic E-state index is 13.5. The van der Waals surface area contributed by atoms with Crippen LogP contribution in [-0.4, -0.2) is 46.6 Å². The van der Waals surface area contributed by atoms with Crippen molar-refractivity contribution in [1.82, 2.24) is 9.80 Å². The number of rotatable bonds is 6. The van der Waals surface area contributed by atoms with E-state index >= 15 is 0 Å². The summed E-state index contributed by atoms with van der Waals surface area (Å²) in [5.41, 5.74) is 1.46. The summed E-state index contributed by atoms with van der Waals surface area (Å²) in [6, 6.07) is 9.49. The van der Waals surface area contributed by atoms with E-state index < -0.39 is 5.41 Å². The van der Waals surface area contributed by atoms with Crippen LogP contribution < -0.4 is 0 Å². The number of fused-ring (bicyclic) bond motifs is 1. The number of benzene rings is 1. The molecule has 0 aliphatic carbocycles. The Bertz CT molecular complexity index is 908. The van der Waals surface area contributed by atoms with Gasteiger partial charge in [0.15, 0.2) is 0 Å². The van der Waals surface area contributed by atoms with Gasteiger partial charge in [0.2, 0.25) is 11.8 Å². The van der Waals surface area contributed by atoms with Gasteiger partial charge in [-0.3, -0.25) is 9.59 Å². The number of hydrogen-bond acceptors (Lipinski definition) is 3. The molecule has 0 radical (unpaired) electrons. The fourth-order valence-electron chi connectivity index (χ4n) is 3.76.